The Labute approximate surface area is 242 Å². The van der Waals surface area contributed by atoms with Crippen molar-refractivity contribution < 1.29 is 13.9 Å². The van der Waals surface area contributed by atoms with Crippen LogP contribution in [0.5, 0.6) is 5.75 Å². The molecule has 1 saturated heterocycles. The lowest BCUT2D eigenvalue weighted by molar-refractivity contribution is 0.101. The number of aryl methyl sites for hydroxylation is 1. The van der Waals surface area contributed by atoms with Gasteiger partial charge in [0.05, 0.1) is 11.3 Å². The molecule has 0 radical (unpaired) electrons. The van der Waals surface area contributed by atoms with Crippen LogP contribution >= 0.6 is 0 Å². The van der Waals surface area contributed by atoms with Crippen molar-refractivity contribution in [3.05, 3.63) is 59.2 Å². The summed E-state index contributed by atoms with van der Waals surface area (Å²) in [5.41, 5.74) is 9.74. The van der Waals surface area contributed by atoms with Gasteiger partial charge in [0.15, 0.2) is 23.1 Å². The molecule has 3 aromatic rings. The molecule has 0 spiro atoms. The molecule has 10 heteroatoms. The average Bonchev–Trinajstić information content (AvgIpc) is 3.34. The third-order valence-corrected chi connectivity index (χ3v) is 7.58. The molecule has 1 aliphatic heterocycles. The normalized spacial score (nSPS) is 14.2. The van der Waals surface area contributed by atoms with Crippen molar-refractivity contribution in [1.82, 2.24) is 19.9 Å². The summed E-state index contributed by atoms with van der Waals surface area (Å²) in [7, 11) is 1.85. The molecule has 2 aromatic heterocycles. The molecule has 3 N–H and O–H groups in total. The Morgan fingerprint density at radius 1 is 1.32 bits per heavy atom. The lowest BCUT2D eigenvalue weighted by atomic mass is 10.0. The zero-order valence-corrected chi connectivity index (χ0v) is 25.0. The van der Waals surface area contributed by atoms with E-state index in [4.69, 9.17) is 15.6 Å². The van der Waals surface area contributed by atoms with Gasteiger partial charge >= 0.3 is 0 Å². The summed E-state index contributed by atoms with van der Waals surface area (Å²) in [6.45, 7) is 14.2. The molecular weight excluding hydrogens is 521 g/mol. The van der Waals surface area contributed by atoms with E-state index in [2.05, 4.69) is 30.7 Å². The molecule has 1 atom stereocenters. The summed E-state index contributed by atoms with van der Waals surface area (Å²) < 4.78 is 23.5. The number of hydrogen-bond acceptors (Lipinski definition) is 8. The molecule has 1 aliphatic rings. The summed E-state index contributed by atoms with van der Waals surface area (Å²) in [6.07, 6.45) is 4.52. The molecule has 9 nitrogen and oxygen atoms in total. The number of ketones is 1. The van der Waals surface area contributed by atoms with Crippen molar-refractivity contribution in [2.24, 2.45) is 5.73 Å². The van der Waals surface area contributed by atoms with E-state index in [1.807, 2.05) is 42.0 Å². The predicted octanol–water partition coefficient (Wildman–Crippen LogP) is 4.83. The number of ether oxygens (including phenoxy) is 1. The van der Waals surface area contributed by atoms with Gasteiger partial charge in [-0.1, -0.05) is 51.3 Å². The quantitative estimate of drug-likeness (QED) is 0.200. The van der Waals surface area contributed by atoms with Gasteiger partial charge in [0.2, 0.25) is 5.82 Å². The van der Waals surface area contributed by atoms with Crippen LogP contribution in [0, 0.1) is 12.7 Å². The number of anilines is 2. The second kappa shape index (κ2) is 13.3. The second-order valence-electron chi connectivity index (χ2n) is 11.3. The minimum Gasteiger partial charge on any atom is -0.487 e. The standard InChI is InChI=1S/C31H44FN7O2/c1-7-8-9-10-21(3)26-16-28-35-30(38-17-24(33)18-38)29(32)31(39(28)36-26)37(6)14-13-34-22(4)19-41-27-12-11-20(2)15-25(27)23(5)40/h11-12,15-16,21,24,34H,4,7-10,13-14,17-19,33H2,1-3,5-6H3. The molecule has 1 fully saturated rings. The fourth-order valence-corrected chi connectivity index (χ4v) is 5.06. The maximum Gasteiger partial charge on any atom is 0.208 e. The number of carbonyl (C=O) groups excluding carboxylic acids is 1. The highest BCUT2D eigenvalue weighted by molar-refractivity contribution is 5.97. The number of benzene rings is 1. The summed E-state index contributed by atoms with van der Waals surface area (Å²) >= 11 is 0. The van der Waals surface area contributed by atoms with Crippen LogP contribution in [0.15, 0.2) is 36.5 Å². The van der Waals surface area contributed by atoms with Crippen molar-refractivity contribution in [3.8, 4) is 5.75 Å². The Morgan fingerprint density at radius 3 is 2.76 bits per heavy atom. The smallest absolute Gasteiger partial charge is 0.208 e. The monoisotopic (exact) mass is 565 g/mol. The number of carbonyl (C=O) groups is 1. The second-order valence-corrected chi connectivity index (χ2v) is 11.3. The van der Waals surface area contributed by atoms with Gasteiger partial charge in [-0.25, -0.2) is 4.98 Å². The maximum atomic E-state index is 16.0. The van der Waals surface area contributed by atoms with Gasteiger partial charge in [-0.15, -0.1) is 0 Å². The van der Waals surface area contributed by atoms with Gasteiger partial charge in [0.25, 0.3) is 0 Å². The van der Waals surface area contributed by atoms with Crippen LogP contribution in [0.25, 0.3) is 5.65 Å². The minimum atomic E-state index is -0.404. The van der Waals surface area contributed by atoms with E-state index in [9.17, 15) is 4.79 Å². The number of nitrogens with two attached hydrogens (primary N) is 1. The number of likely N-dealkylation sites (N-methyl/N-ethyl adjacent to an activating group) is 1. The van der Waals surface area contributed by atoms with Gasteiger partial charge in [-0.05, 0) is 32.4 Å². The zero-order valence-electron chi connectivity index (χ0n) is 25.0. The van der Waals surface area contributed by atoms with Crippen LogP contribution in [0.3, 0.4) is 0 Å². The SMILES string of the molecule is C=C(COc1ccc(C)cc1C(C)=O)NCCN(C)c1c(F)c(N2CC(N)C2)nc2cc(C(C)CCCCC)nn12. The summed E-state index contributed by atoms with van der Waals surface area (Å²) in [5, 5.41) is 8.07. The van der Waals surface area contributed by atoms with E-state index in [0.717, 1.165) is 24.1 Å². The molecule has 0 bridgehead atoms. The number of Topliss-reactive ketones (excluding diaryl/α,β-unsaturated/α-hetero) is 1. The van der Waals surface area contributed by atoms with Crippen molar-refractivity contribution in [2.45, 2.75) is 65.3 Å². The van der Waals surface area contributed by atoms with Gasteiger partial charge in [-0.3, -0.25) is 4.79 Å². The fourth-order valence-electron chi connectivity index (χ4n) is 5.06. The maximum absolute atomic E-state index is 16.0. The third-order valence-electron chi connectivity index (χ3n) is 7.58. The number of halogens is 1. The Morgan fingerprint density at radius 2 is 2.07 bits per heavy atom. The summed E-state index contributed by atoms with van der Waals surface area (Å²) in [6, 6.07) is 7.54. The molecule has 0 saturated carbocycles. The van der Waals surface area contributed by atoms with E-state index in [1.165, 1.54) is 19.8 Å². The highest BCUT2D eigenvalue weighted by Crippen LogP contribution is 2.32. The average molecular weight is 566 g/mol. The number of unbranched alkanes of at least 4 members (excludes halogenated alkanes) is 2. The first-order chi connectivity index (χ1) is 19.6. The third kappa shape index (κ3) is 7.16. The number of hydrogen-bond donors (Lipinski definition) is 2. The van der Waals surface area contributed by atoms with E-state index in [0.29, 0.717) is 60.5 Å². The number of aromatic nitrogens is 3. The van der Waals surface area contributed by atoms with E-state index in [-0.39, 0.29) is 24.3 Å². The van der Waals surface area contributed by atoms with Crippen LogP contribution in [-0.2, 0) is 0 Å². The number of fused-ring (bicyclic) bond motifs is 1. The van der Waals surface area contributed by atoms with E-state index >= 15 is 4.39 Å². The first kappa shape index (κ1) is 30.3. The van der Waals surface area contributed by atoms with Crippen LogP contribution in [0.1, 0.15) is 74.0 Å². The van der Waals surface area contributed by atoms with Crippen LogP contribution in [-0.4, -0.2) is 66.3 Å². The highest BCUT2D eigenvalue weighted by atomic mass is 19.1. The molecule has 0 aliphatic carbocycles. The number of rotatable bonds is 15. The van der Waals surface area contributed by atoms with Crippen molar-refractivity contribution in [3.63, 3.8) is 0 Å². The Bertz CT molecular complexity index is 1380. The molecule has 3 heterocycles. The van der Waals surface area contributed by atoms with Crippen molar-refractivity contribution >= 4 is 23.1 Å². The highest BCUT2D eigenvalue weighted by Gasteiger charge is 2.31. The van der Waals surface area contributed by atoms with Crippen molar-refractivity contribution in [1.29, 1.82) is 0 Å². The van der Waals surface area contributed by atoms with Gasteiger partial charge in [0.1, 0.15) is 12.4 Å². The zero-order chi connectivity index (χ0) is 29.7. The Balaban J connectivity index is 1.45. The lowest BCUT2D eigenvalue weighted by Gasteiger charge is -2.38. The molecule has 1 unspecified atom stereocenters. The van der Waals surface area contributed by atoms with Crippen LogP contribution in [0.4, 0.5) is 16.0 Å². The van der Waals surface area contributed by atoms with Crippen LogP contribution in [0.2, 0.25) is 0 Å². The molecule has 0 amide bonds. The topological polar surface area (TPSA) is 101 Å². The van der Waals surface area contributed by atoms with Gasteiger partial charge in [0, 0.05) is 56.9 Å². The molecule has 222 valence electrons. The van der Waals surface area contributed by atoms with E-state index in [1.54, 1.807) is 10.6 Å². The number of nitrogens with one attached hydrogen (secondary N) is 1. The minimum absolute atomic E-state index is 0.0246. The van der Waals surface area contributed by atoms with Gasteiger partial charge in [-0.2, -0.15) is 14.0 Å². The molecular formula is C31H44FN7O2. The van der Waals surface area contributed by atoms with Crippen molar-refractivity contribution in [2.75, 3.05) is 49.6 Å². The molecule has 4 rings (SSSR count). The largest absolute Gasteiger partial charge is 0.487 e. The Hall–Kier alpha value is -3.66. The van der Waals surface area contributed by atoms with Crippen LogP contribution < -0.4 is 25.6 Å². The summed E-state index contributed by atoms with van der Waals surface area (Å²) in [4.78, 5) is 20.4. The fraction of sp³-hybridized carbons (Fsp3) is 0.516. The first-order valence-corrected chi connectivity index (χ1v) is 14.6. The molecule has 41 heavy (non-hydrogen) atoms. The lowest BCUT2D eigenvalue weighted by Crippen LogP contribution is -2.56. The predicted molar refractivity (Wildman–Crippen MR) is 163 cm³/mol. The number of nitrogens with zero attached hydrogens (tertiary/aromatic N) is 5. The Kier molecular flexibility index (Phi) is 9.86. The van der Waals surface area contributed by atoms with Gasteiger partial charge < -0.3 is 25.6 Å². The molecule has 1 aromatic carbocycles. The first-order valence-electron chi connectivity index (χ1n) is 14.6. The summed E-state index contributed by atoms with van der Waals surface area (Å²) in [5.74, 6) is 1.02. The van der Waals surface area contributed by atoms with E-state index < -0.39 is 5.82 Å².